The molecule has 46 heavy (non-hydrogen) atoms. The van der Waals surface area contributed by atoms with Gasteiger partial charge in [-0.05, 0) is 42.0 Å². The van der Waals surface area contributed by atoms with Crippen molar-refractivity contribution in [3.63, 3.8) is 0 Å². The van der Waals surface area contributed by atoms with Crippen LogP contribution in [-0.2, 0) is 0 Å². The zero-order valence-corrected chi connectivity index (χ0v) is 25.7. The van der Waals surface area contributed by atoms with Crippen molar-refractivity contribution in [1.82, 2.24) is 14.5 Å². The lowest BCUT2D eigenvalue weighted by Gasteiger charge is -2.15. The Labute approximate surface area is 271 Å². The highest BCUT2D eigenvalue weighted by atomic mass is 32.2. The Balaban J connectivity index is 1.24. The van der Waals surface area contributed by atoms with Gasteiger partial charge in [0, 0.05) is 48.7 Å². The summed E-state index contributed by atoms with van der Waals surface area (Å²) in [5, 5.41) is 1.25. The van der Waals surface area contributed by atoms with E-state index < -0.39 is 0 Å². The molecule has 3 heterocycles. The van der Waals surface area contributed by atoms with Gasteiger partial charge in [-0.3, -0.25) is 0 Å². The molecular weight excluding hydrogens is 579 g/mol. The maximum absolute atomic E-state index is 5.06. The molecule has 0 bridgehead atoms. The van der Waals surface area contributed by atoms with E-state index in [2.05, 4.69) is 132 Å². The predicted molar refractivity (Wildman–Crippen MR) is 190 cm³/mol. The van der Waals surface area contributed by atoms with Crippen LogP contribution in [0.1, 0.15) is 0 Å². The fourth-order valence-corrected chi connectivity index (χ4v) is 7.60. The Bertz CT molecular complexity index is 2320. The summed E-state index contributed by atoms with van der Waals surface area (Å²) >= 11 is 1.85. The van der Waals surface area contributed by atoms with Gasteiger partial charge in [-0.15, -0.1) is 0 Å². The fourth-order valence-electron chi connectivity index (χ4n) is 6.52. The van der Waals surface area contributed by atoms with E-state index >= 15 is 0 Å². The van der Waals surface area contributed by atoms with Gasteiger partial charge in [0.2, 0.25) is 0 Å². The van der Waals surface area contributed by atoms with Crippen LogP contribution in [0.5, 0.6) is 0 Å². The molecule has 1 aliphatic heterocycles. The van der Waals surface area contributed by atoms with E-state index in [1.165, 1.54) is 43.1 Å². The first kappa shape index (κ1) is 26.7. The number of fused-ring (bicyclic) bond motifs is 7. The highest BCUT2D eigenvalue weighted by molar-refractivity contribution is 7.99. The summed E-state index contributed by atoms with van der Waals surface area (Å²) in [7, 11) is 0. The Kier molecular flexibility index (Phi) is 6.39. The molecule has 0 atom stereocenters. The molecule has 0 amide bonds. The van der Waals surface area contributed by atoms with Crippen molar-refractivity contribution in [2.24, 2.45) is 0 Å². The van der Waals surface area contributed by atoms with Crippen LogP contribution >= 0.6 is 11.8 Å². The van der Waals surface area contributed by atoms with Crippen LogP contribution in [0, 0.1) is 0 Å². The quantitative estimate of drug-likeness (QED) is 0.200. The molecule has 0 radical (unpaired) electrons. The van der Waals surface area contributed by atoms with Gasteiger partial charge in [0.15, 0.2) is 5.82 Å². The second-order valence-electron chi connectivity index (χ2n) is 11.4. The number of benzene rings is 6. The van der Waals surface area contributed by atoms with Crippen LogP contribution in [0.25, 0.3) is 72.9 Å². The van der Waals surface area contributed by atoms with Gasteiger partial charge in [-0.2, -0.15) is 0 Å². The lowest BCUT2D eigenvalue weighted by molar-refractivity contribution is 1.13. The van der Waals surface area contributed by atoms with Crippen molar-refractivity contribution < 1.29 is 0 Å². The summed E-state index contributed by atoms with van der Waals surface area (Å²) in [6, 6.07) is 57.8. The molecule has 216 valence electrons. The molecule has 0 aliphatic carbocycles. The number of rotatable bonds is 4. The minimum atomic E-state index is 0.718. The van der Waals surface area contributed by atoms with Crippen molar-refractivity contribution in [2.45, 2.75) is 9.79 Å². The Morgan fingerprint density at radius 1 is 0.457 bits per heavy atom. The normalized spacial score (nSPS) is 11.8. The van der Waals surface area contributed by atoms with Crippen molar-refractivity contribution in [1.29, 1.82) is 0 Å². The molecule has 0 saturated heterocycles. The third-order valence-corrected chi connectivity index (χ3v) is 9.79. The number of para-hydroxylation sites is 1. The zero-order chi connectivity index (χ0) is 30.5. The molecule has 4 heteroatoms. The molecule has 1 aliphatic rings. The summed E-state index contributed by atoms with van der Waals surface area (Å²) < 4.78 is 2.43. The van der Waals surface area contributed by atoms with Crippen LogP contribution in [0.15, 0.2) is 174 Å². The molecular formula is C42H27N3S. The number of aromatic nitrogens is 3. The first-order valence-electron chi connectivity index (χ1n) is 15.4. The van der Waals surface area contributed by atoms with Crippen LogP contribution in [-0.4, -0.2) is 14.5 Å². The predicted octanol–water partition coefficient (Wildman–Crippen LogP) is 11.2. The lowest BCUT2D eigenvalue weighted by atomic mass is 9.98. The van der Waals surface area contributed by atoms with Crippen molar-refractivity contribution in [3.8, 4) is 62.0 Å². The summed E-state index contributed by atoms with van der Waals surface area (Å²) in [6.45, 7) is 0. The van der Waals surface area contributed by atoms with E-state index in [-0.39, 0.29) is 0 Å². The zero-order valence-electron chi connectivity index (χ0n) is 24.8. The van der Waals surface area contributed by atoms with E-state index in [9.17, 15) is 0 Å². The van der Waals surface area contributed by atoms with Crippen LogP contribution in [0.2, 0.25) is 0 Å². The number of hydrogen-bond acceptors (Lipinski definition) is 3. The highest BCUT2D eigenvalue weighted by Gasteiger charge is 2.27. The van der Waals surface area contributed by atoms with Crippen LogP contribution < -0.4 is 0 Å². The molecule has 9 rings (SSSR count). The Morgan fingerprint density at radius 2 is 1.00 bits per heavy atom. The second-order valence-corrected chi connectivity index (χ2v) is 12.5. The van der Waals surface area contributed by atoms with E-state index in [0.29, 0.717) is 0 Å². The number of nitrogens with zero attached hydrogens (tertiary/aromatic N) is 3. The molecule has 6 aromatic carbocycles. The van der Waals surface area contributed by atoms with Gasteiger partial charge >= 0.3 is 0 Å². The molecule has 8 aromatic rings. The van der Waals surface area contributed by atoms with Gasteiger partial charge < -0.3 is 4.57 Å². The summed E-state index contributed by atoms with van der Waals surface area (Å²) in [5.41, 5.74) is 12.2. The largest absolute Gasteiger partial charge is 0.309 e. The first-order valence-corrected chi connectivity index (χ1v) is 16.2. The van der Waals surface area contributed by atoms with Gasteiger partial charge in [-0.1, -0.05) is 139 Å². The lowest BCUT2D eigenvalue weighted by Crippen LogP contribution is -1.99. The van der Waals surface area contributed by atoms with Gasteiger partial charge in [0.25, 0.3) is 0 Å². The summed E-state index contributed by atoms with van der Waals surface area (Å²) in [4.78, 5) is 12.6. The molecule has 0 spiro atoms. The summed E-state index contributed by atoms with van der Waals surface area (Å²) in [5.74, 6) is 0.718. The van der Waals surface area contributed by atoms with Crippen molar-refractivity contribution >= 4 is 22.7 Å². The molecule has 0 fully saturated rings. The SMILES string of the molecule is c1ccc(-c2cc(-c3ccc(-n4c5c(c6ccccc64)-c4ccccc4Sc4ccccc4-5)cc3)nc(-c3ccccc3)n2)cc1. The third-order valence-electron chi connectivity index (χ3n) is 8.64. The van der Waals surface area contributed by atoms with Gasteiger partial charge in [0.05, 0.1) is 22.6 Å². The smallest absolute Gasteiger partial charge is 0.160 e. The highest BCUT2D eigenvalue weighted by Crippen LogP contribution is 2.52. The third kappa shape index (κ3) is 4.46. The topological polar surface area (TPSA) is 30.7 Å². The van der Waals surface area contributed by atoms with Crippen molar-refractivity contribution in [2.75, 3.05) is 0 Å². The maximum Gasteiger partial charge on any atom is 0.160 e. The fraction of sp³-hybridized carbons (Fsp3) is 0. The average Bonchev–Trinajstić information content (AvgIpc) is 3.40. The van der Waals surface area contributed by atoms with E-state index in [1.54, 1.807) is 0 Å². The average molecular weight is 606 g/mol. The molecule has 3 nitrogen and oxygen atoms in total. The standard InChI is InChI=1S/C42H27N3S/c1-3-13-28(14-4-1)35-27-36(44-42(43-35)30-15-5-2-6-16-30)29-23-25-31(26-24-29)45-37-20-10-7-17-32(37)40-33-18-8-11-21-38(33)46-39-22-12-9-19-34(39)41(40)45/h1-27H. The molecule has 2 aromatic heterocycles. The second kappa shape index (κ2) is 11.0. The number of hydrogen-bond donors (Lipinski definition) is 0. The van der Waals surface area contributed by atoms with E-state index in [4.69, 9.17) is 9.97 Å². The monoisotopic (exact) mass is 605 g/mol. The minimum Gasteiger partial charge on any atom is -0.309 e. The molecule has 0 N–H and O–H groups in total. The maximum atomic E-state index is 5.06. The Morgan fingerprint density at radius 3 is 1.72 bits per heavy atom. The van der Waals surface area contributed by atoms with Crippen LogP contribution in [0.3, 0.4) is 0 Å². The summed E-state index contributed by atoms with van der Waals surface area (Å²) in [6.07, 6.45) is 0. The van der Waals surface area contributed by atoms with E-state index in [1.807, 2.05) is 48.2 Å². The minimum absolute atomic E-state index is 0.718. The molecule has 0 saturated carbocycles. The van der Waals surface area contributed by atoms with E-state index in [0.717, 1.165) is 39.6 Å². The molecule has 0 unspecified atom stereocenters. The Hall–Kier alpha value is -5.71. The van der Waals surface area contributed by atoms with Gasteiger partial charge in [0.1, 0.15) is 0 Å². The first-order chi connectivity index (χ1) is 22.8. The van der Waals surface area contributed by atoms with Crippen molar-refractivity contribution in [3.05, 3.63) is 164 Å². The van der Waals surface area contributed by atoms with Crippen LogP contribution in [0.4, 0.5) is 0 Å². The van der Waals surface area contributed by atoms with Gasteiger partial charge in [-0.25, -0.2) is 9.97 Å².